The van der Waals surface area contributed by atoms with Gasteiger partial charge in [0.2, 0.25) is 0 Å². The van der Waals surface area contributed by atoms with Crippen LogP contribution in [0.25, 0.3) is 11.1 Å². The molecule has 0 spiro atoms. The Kier molecular flexibility index (Phi) is 5.52. The van der Waals surface area contributed by atoms with Crippen LogP contribution < -0.4 is 10.1 Å². The molecule has 2 N–H and O–H groups in total. The molecule has 1 amide bonds. The number of benzene rings is 3. The summed E-state index contributed by atoms with van der Waals surface area (Å²) in [5.74, 6) is -0.729. The standard InChI is InChI=1S/C22H19NO4/c1-15-2-4-16(5-3-15)17-8-12-20(13-9-17)27-14-21(24)23-19-10-6-18(7-11-19)22(25)26/h2-13H,14H2,1H3,(H,23,24)(H,25,26). The second-order valence-electron chi connectivity index (χ2n) is 6.11. The van der Waals surface area contributed by atoms with E-state index < -0.39 is 5.97 Å². The van der Waals surface area contributed by atoms with Crippen LogP contribution in [0.3, 0.4) is 0 Å². The van der Waals surface area contributed by atoms with Gasteiger partial charge in [-0.05, 0) is 54.4 Å². The summed E-state index contributed by atoms with van der Waals surface area (Å²) in [6.45, 7) is 1.91. The SMILES string of the molecule is Cc1ccc(-c2ccc(OCC(=O)Nc3ccc(C(=O)O)cc3)cc2)cc1. The minimum absolute atomic E-state index is 0.134. The minimum Gasteiger partial charge on any atom is -0.484 e. The molecule has 0 heterocycles. The molecule has 5 heteroatoms. The Labute approximate surface area is 157 Å². The fourth-order valence-electron chi connectivity index (χ4n) is 2.53. The van der Waals surface area contributed by atoms with E-state index in [-0.39, 0.29) is 18.1 Å². The number of hydrogen-bond donors (Lipinski definition) is 2. The van der Waals surface area contributed by atoms with Gasteiger partial charge in [-0.25, -0.2) is 4.79 Å². The Balaban J connectivity index is 1.54. The highest BCUT2D eigenvalue weighted by Gasteiger charge is 2.06. The number of aromatic carboxylic acids is 1. The molecule has 0 saturated heterocycles. The van der Waals surface area contributed by atoms with Crippen molar-refractivity contribution in [1.29, 1.82) is 0 Å². The number of aryl methyl sites for hydroxylation is 1. The monoisotopic (exact) mass is 361 g/mol. The Morgan fingerprint density at radius 3 is 1.96 bits per heavy atom. The number of ether oxygens (including phenoxy) is 1. The Morgan fingerprint density at radius 2 is 1.41 bits per heavy atom. The van der Waals surface area contributed by atoms with E-state index in [2.05, 4.69) is 29.6 Å². The minimum atomic E-state index is -1.01. The van der Waals surface area contributed by atoms with E-state index in [9.17, 15) is 9.59 Å². The van der Waals surface area contributed by atoms with Gasteiger partial charge in [0.15, 0.2) is 6.61 Å². The van der Waals surface area contributed by atoms with Gasteiger partial charge in [-0.3, -0.25) is 4.79 Å². The van der Waals surface area contributed by atoms with Crippen molar-refractivity contribution in [3.63, 3.8) is 0 Å². The number of carboxylic acids is 1. The number of rotatable bonds is 6. The highest BCUT2D eigenvalue weighted by atomic mass is 16.5. The van der Waals surface area contributed by atoms with Crippen molar-refractivity contribution < 1.29 is 19.4 Å². The first-order valence-corrected chi connectivity index (χ1v) is 8.44. The van der Waals surface area contributed by atoms with Gasteiger partial charge >= 0.3 is 5.97 Å². The number of carbonyl (C=O) groups excluding carboxylic acids is 1. The molecule has 3 rings (SSSR count). The van der Waals surface area contributed by atoms with Crippen molar-refractivity contribution in [2.75, 3.05) is 11.9 Å². The summed E-state index contributed by atoms with van der Waals surface area (Å²) >= 11 is 0. The van der Waals surface area contributed by atoms with Crippen molar-refractivity contribution in [3.05, 3.63) is 83.9 Å². The van der Waals surface area contributed by atoms with E-state index in [0.717, 1.165) is 11.1 Å². The van der Waals surface area contributed by atoms with Crippen molar-refractivity contribution >= 4 is 17.6 Å². The summed E-state index contributed by atoms with van der Waals surface area (Å²) < 4.78 is 5.51. The van der Waals surface area contributed by atoms with Crippen LogP contribution in [0.5, 0.6) is 5.75 Å². The third kappa shape index (κ3) is 4.95. The zero-order valence-corrected chi connectivity index (χ0v) is 14.8. The van der Waals surface area contributed by atoms with E-state index in [1.54, 1.807) is 0 Å². The third-order valence-corrected chi connectivity index (χ3v) is 4.02. The van der Waals surface area contributed by atoms with Crippen molar-refractivity contribution in [2.24, 2.45) is 0 Å². The van der Waals surface area contributed by atoms with Crippen molar-refractivity contribution in [2.45, 2.75) is 6.92 Å². The average Bonchev–Trinajstić information content (AvgIpc) is 2.68. The third-order valence-electron chi connectivity index (χ3n) is 4.02. The molecule has 3 aromatic carbocycles. The molecular weight excluding hydrogens is 342 g/mol. The number of nitrogens with one attached hydrogen (secondary N) is 1. The molecule has 0 aromatic heterocycles. The predicted molar refractivity (Wildman–Crippen MR) is 104 cm³/mol. The van der Waals surface area contributed by atoms with E-state index in [1.165, 1.54) is 29.8 Å². The summed E-state index contributed by atoms with van der Waals surface area (Å²) in [6, 6.07) is 21.7. The lowest BCUT2D eigenvalue weighted by atomic mass is 10.0. The molecule has 0 radical (unpaired) electrons. The predicted octanol–water partition coefficient (Wildman–Crippen LogP) is 4.38. The van der Waals surface area contributed by atoms with Crippen LogP contribution in [-0.2, 0) is 4.79 Å². The lowest BCUT2D eigenvalue weighted by Gasteiger charge is -2.09. The average molecular weight is 361 g/mol. The van der Waals surface area contributed by atoms with Gasteiger partial charge in [0.05, 0.1) is 5.56 Å². The lowest BCUT2D eigenvalue weighted by molar-refractivity contribution is -0.118. The van der Waals surface area contributed by atoms with E-state index in [0.29, 0.717) is 11.4 Å². The van der Waals surface area contributed by atoms with Crippen LogP contribution >= 0.6 is 0 Å². The molecule has 0 aliphatic carbocycles. The van der Waals surface area contributed by atoms with Crippen LogP contribution in [0.4, 0.5) is 5.69 Å². The number of carboxylic acid groups (broad SMARTS) is 1. The fourth-order valence-corrected chi connectivity index (χ4v) is 2.53. The largest absolute Gasteiger partial charge is 0.484 e. The molecule has 0 aliphatic heterocycles. The Bertz CT molecular complexity index is 930. The van der Waals surface area contributed by atoms with Gasteiger partial charge in [0.25, 0.3) is 5.91 Å². The molecule has 136 valence electrons. The van der Waals surface area contributed by atoms with Gasteiger partial charge in [0.1, 0.15) is 5.75 Å². The quantitative estimate of drug-likeness (QED) is 0.683. The second-order valence-corrected chi connectivity index (χ2v) is 6.11. The normalized spacial score (nSPS) is 10.3. The van der Waals surface area contributed by atoms with Crippen molar-refractivity contribution in [1.82, 2.24) is 0 Å². The fraction of sp³-hybridized carbons (Fsp3) is 0.0909. The van der Waals surface area contributed by atoms with Gasteiger partial charge < -0.3 is 15.2 Å². The first-order chi connectivity index (χ1) is 13.0. The van der Waals surface area contributed by atoms with E-state index in [1.807, 2.05) is 31.2 Å². The topological polar surface area (TPSA) is 75.6 Å². The molecule has 0 atom stereocenters. The number of anilines is 1. The summed E-state index contributed by atoms with van der Waals surface area (Å²) in [7, 11) is 0. The van der Waals surface area contributed by atoms with Crippen LogP contribution in [0, 0.1) is 6.92 Å². The summed E-state index contributed by atoms with van der Waals surface area (Å²) in [5, 5.41) is 11.5. The zero-order valence-electron chi connectivity index (χ0n) is 14.8. The number of carbonyl (C=O) groups is 2. The van der Waals surface area contributed by atoms with E-state index in [4.69, 9.17) is 9.84 Å². The first kappa shape index (κ1) is 18.2. The van der Waals surface area contributed by atoms with Crippen LogP contribution in [-0.4, -0.2) is 23.6 Å². The van der Waals surface area contributed by atoms with Crippen LogP contribution in [0.1, 0.15) is 15.9 Å². The maximum atomic E-state index is 12.0. The maximum Gasteiger partial charge on any atom is 0.335 e. The number of amides is 1. The molecule has 27 heavy (non-hydrogen) atoms. The van der Waals surface area contributed by atoms with E-state index >= 15 is 0 Å². The summed E-state index contributed by atoms with van der Waals surface area (Å²) in [6.07, 6.45) is 0. The van der Waals surface area contributed by atoms with Crippen molar-refractivity contribution in [3.8, 4) is 16.9 Å². The molecule has 3 aromatic rings. The van der Waals surface area contributed by atoms with Crippen LogP contribution in [0.2, 0.25) is 0 Å². The first-order valence-electron chi connectivity index (χ1n) is 8.44. The summed E-state index contributed by atoms with van der Waals surface area (Å²) in [4.78, 5) is 22.8. The van der Waals surface area contributed by atoms with Gasteiger partial charge in [-0.1, -0.05) is 42.0 Å². The lowest BCUT2D eigenvalue weighted by Crippen LogP contribution is -2.20. The van der Waals surface area contributed by atoms with Crippen LogP contribution in [0.15, 0.2) is 72.8 Å². The molecule has 5 nitrogen and oxygen atoms in total. The molecule has 0 aliphatic rings. The van der Waals surface area contributed by atoms with Gasteiger partial charge in [0, 0.05) is 5.69 Å². The zero-order chi connectivity index (χ0) is 19.2. The Hall–Kier alpha value is -3.60. The second kappa shape index (κ2) is 8.19. The highest BCUT2D eigenvalue weighted by Crippen LogP contribution is 2.22. The molecule has 0 unspecified atom stereocenters. The molecule has 0 fully saturated rings. The summed E-state index contributed by atoms with van der Waals surface area (Å²) in [5.41, 5.74) is 4.09. The van der Waals surface area contributed by atoms with Gasteiger partial charge in [-0.15, -0.1) is 0 Å². The molecule has 0 saturated carbocycles. The highest BCUT2D eigenvalue weighted by molar-refractivity contribution is 5.93. The smallest absolute Gasteiger partial charge is 0.335 e. The maximum absolute atomic E-state index is 12.0. The molecule has 0 bridgehead atoms. The Morgan fingerprint density at radius 1 is 0.852 bits per heavy atom. The number of hydrogen-bond acceptors (Lipinski definition) is 3. The van der Waals surface area contributed by atoms with Gasteiger partial charge in [-0.2, -0.15) is 0 Å². The molecular formula is C22H19NO4.